The van der Waals surface area contributed by atoms with Crippen molar-refractivity contribution in [2.24, 2.45) is 5.41 Å². The van der Waals surface area contributed by atoms with Crippen molar-refractivity contribution in [1.82, 2.24) is 9.88 Å². The number of carbonyl (C=O) groups is 1. The molecule has 5 nitrogen and oxygen atoms in total. The van der Waals surface area contributed by atoms with Gasteiger partial charge < -0.3 is 14.5 Å². The van der Waals surface area contributed by atoms with Gasteiger partial charge in [0.1, 0.15) is 0 Å². The fraction of sp³-hybridized carbons (Fsp3) is 0.647. The van der Waals surface area contributed by atoms with E-state index in [0.29, 0.717) is 19.1 Å². The molecule has 2 aliphatic rings. The highest BCUT2D eigenvalue weighted by Gasteiger charge is 2.48. The molecule has 120 valence electrons. The number of hydrogen-bond acceptors (Lipinski definition) is 4. The first-order chi connectivity index (χ1) is 10.6. The molecule has 2 aliphatic heterocycles. The van der Waals surface area contributed by atoms with Crippen molar-refractivity contribution >= 4 is 11.6 Å². The highest BCUT2D eigenvalue weighted by atomic mass is 16.5. The van der Waals surface area contributed by atoms with Gasteiger partial charge in [0.2, 0.25) is 5.91 Å². The Morgan fingerprint density at radius 2 is 2.23 bits per heavy atom. The maximum Gasteiger partial charge on any atom is 0.230 e. The minimum atomic E-state index is -0.191. The molecule has 0 bridgehead atoms. The van der Waals surface area contributed by atoms with E-state index >= 15 is 0 Å². The summed E-state index contributed by atoms with van der Waals surface area (Å²) in [4.78, 5) is 21.5. The Balaban J connectivity index is 1.73. The lowest BCUT2D eigenvalue weighted by molar-refractivity contribution is -0.145. The van der Waals surface area contributed by atoms with Crippen LogP contribution in [-0.2, 0) is 9.53 Å². The van der Waals surface area contributed by atoms with E-state index in [1.807, 2.05) is 24.1 Å². The Labute approximate surface area is 132 Å². The first-order valence-electron chi connectivity index (χ1n) is 8.10. The maximum absolute atomic E-state index is 12.9. The number of amides is 1. The van der Waals surface area contributed by atoms with Crippen LogP contribution in [0.5, 0.6) is 0 Å². The number of anilines is 1. The van der Waals surface area contributed by atoms with Crippen LogP contribution in [0, 0.1) is 12.3 Å². The molecule has 1 aromatic heterocycles. The highest BCUT2D eigenvalue weighted by Crippen LogP contribution is 2.41. The van der Waals surface area contributed by atoms with E-state index < -0.39 is 0 Å². The van der Waals surface area contributed by atoms with Crippen LogP contribution in [0.1, 0.15) is 25.0 Å². The third-order valence-corrected chi connectivity index (χ3v) is 4.99. The van der Waals surface area contributed by atoms with E-state index in [0.717, 1.165) is 44.6 Å². The zero-order chi connectivity index (χ0) is 15.6. The molecule has 1 spiro atoms. The van der Waals surface area contributed by atoms with Gasteiger partial charge in [0.05, 0.1) is 12.0 Å². The van der Waals surface area contributed by atoms with Crippen LogP contribution in [0.3, 0.4) is 0 Å². The molecule has 5 heteroatoms. The molecule has 2 fully saturated rings. The van der Waals surface area contributed by atoms with E-state index in [9.17, 15) is 4.79 Å². The average Bonchev–Trinajstić information content (AvgIpc) is 2.94. The van der Waals surface area contributed by atoms with Crippen molar-refractivity contribution in [3.63, 3.8) is 0 Å². The lowest BCUT2D eigenvalue weighted by atomic mass is 9.78. The van der Waals surface area contributed by atoms with E-state index in [-0.39, 0.29) is 5.41 Å². The molecule has 3 heterocycles. The first kappa shape index (κ1) is 15.3. The summed E-state index contributed by atoms with van der Waals surface area (Å²) in [6, 6.07) is 4.15. The molecule has 1 atom stereocenters. The van der Waals surface area contributed by atoms with Crippen molar-refractivity contribution in [2.75, 3.05) is 44.8 Å². The molecule has 0 aromatic carbocycles. The van der Waals surface area contributed by atoms with Crippen LogP contribution in [0.4, 0.5) is 5.69 Å². The van der Waals surface area contributed by atoms with E-state index in [2.05, 4.69) is 16.0 Å². The molecular weight excluding hydrogens is 278 g/mol. The minimum Gasteiger partial charge on any atom is -0.383 e. The molecule has 22 heavy (non-hydrogen) atoms. The smallest absolute Gasteiger partial charge is 0.230 e. The summed E-state index contributed by atoms with van der Waals surface area (Å²) < 4.78 is 5.14. The van der Waals surface area contributed by atoms with E-state index in [1.165, 1.54) is 5.69 Å². The lowest BCUT2D eigenvalue weighted by Crippen LogP contribution is -2.50. The predicted molar refractivity (Wildman–Crippen MR) is 85.9 cm³/mol. The Hall–Kier alpha value is -1.62. The number of ether oxygens (including phenoxy) is 1. The van der Waals surface area contributed by atoms with Gasteiger partial charge in [-0.2, -0.15) is 0 Å². The molecular formula is C17H25N3O2. The number of methoxy groups -OCH3 is 1. The topological polar surface area (TPSA) is 45.7 Å². The number of aromatic nitrogens is 1. The number of rotatable bonds is 4. The van der Waals surface area contributed by atoms with Crippen LogP contribution in [0.25, 0.3) is 0 Å². The molecule has 0 radical (unpaired) electrons. The minimum absolute atomic E-state index is 0.191. The van der Waals surface area contributed by atoms with E-state index in [1.54, 1.807) is 7.11 Å². The first-order valence-corrected chi connectivity index (χ1v) is 8.10. The normalized spacial score (nSPS) is 25.3. The fourth-order valence-corrected chi connectivity index (χ4v) is 3.77. The van der Waals surface area contributed by atoms with Gasteiger partial charge in [0, 0.05) is 50.9 Å². The van der Waals surface area contributed by atoms with Gasteiger partial charge in [-0.15, -0.1) is 0 Å². The number of pyridine rings is 1. The molecule has 1 amide bonds. The van der Waals surface area contributed by atoms with Crippen LogP contribution < -0.4 is 4.90 Å². The third kappa shape index (κ3) is 2.82. The molecule has 0 saturated carbocycles. The van der Waals surface area contributed by atoms with Gasteiger partial charge in [-0.25, -0.2) is 0 Å². The summed E-state index contributed by atoms with van der Waals surface area (Å²) in [5, 5.41) is 0. The zero-order valence-electron chi connectivity index (χ0n) is 13.5. The maximum atomic E-state index is 12.9. The zero-order valence-corrected chi connectivity index (χ0v) is 13.5. The Morgan fingerprint density at radius 1 is 1.36 bits per heavy atom. The predicted octanol–water partition coefficient (Wildman–Crippen LogP) is 1.86. The van der Waals surface area contributed by atoms with Crippen LogP contribution in [0.2, 0.25) is 0 Å². The summed E-state index contributed by atoms with van der Waals surface area (Å²) >= 11 is 0. The quantitative estimate of drug-likeness (QED) is 0.852. The second-order valence-corrected chi connectivity index (χ2v) is 6.50. The monoisotopic (exact) mass is 303 g/mol. The fourth-order valence-electron chi connectivity index (χ4n) is 3.77. The van der Waals surface area contributed by atoms with Crippen LogP contribution >= 0.6 is 0 Å². The van der Waals surface area contributed by atoms with E-state index in [4.69, 9.17) is 4.74 Å². The molecule has 2 saturated heterocycles. The molecule has 0 N–H and O–H groups in total. The summed E-state index contributed by atoms with van der Waals surface area (Å²) in [5.41, 5.74) is 2.02. The molecule has 0 unspecified atom stereocenters. The molecule has 1 aromatic rings. The number of nitrogens with zero attached hydrogens (tertiary/aromatic N) is 3. The summed E-state index contributed by atoms with van der Waals surface area (Å²) in [5.74, 6) is 0.323. The van der Waals surface area contributed by atoms with Gasteiger partial charge >= 0.3 is 0 Å². The number of likely N-dealkylation sites (tertiary alicyclic amines) is 1. The summed E-state index contributed by atoms with van der Waals surface area (Å²) in [6.07, 6.45) is 4.91. The van der Waals surface area contributed by atoms with Crippen LogP contribution in [0.15, 0.2) is 18.3 Å². The Bertz CT molecular complexity index is 548. The van der Waals surface area contributed by atoms with Crippen molar-refractivity contribution in [1.29, 1.82) is 0 Å². The lowest BCUT2D eigenvalue weighted by Gasteiger charge is -2.39. The van der Waals surface area contributed by atoms with Crippen molar-refractivity contribution in [3.05, 3.63) is 24.0 Å². The largest absolute Gasteiger partial charge is 0.383 e. The number of aryl methyl sites for hydroxylation is 1. The number of piperidine rings is 1. The van der Waals surface area contributed by atoms with Crippen molar-refractivity contribution < 1.29 is 9.53 Å². The average molecular weight is 303 g/mol. The molecule has 3 rings (SSSR count). The summed E-state index contributed by atoms with van der Waals surface area (Å²) in [6.45, 7) is 6.00. The van der Waals surface area contributed by atoms with Crippen molar-refractivity contribution in [2.45, 2.75) is 26.2 Å². The number of hydrogen-bond donors (Lipinski definition) is 0. The van der Waals surface area contributed by atoms with Gasteiger partial charge in [0.15, 0.2) is 0 Å². The summed E-state index contributed by atoms with van der Waals surface area (Å²) in [7, 11) is 1.69. The Morgan fingerprint density at radius 3 is 3.00 bits per heavy atom. The number of carbonyl (C=O) groups excluding carboxylic acids is 1. The van der Waals surface area contributed by atoms with Gasteiger partial charge in [-0.05, 0) is 38.3 Å². The van der Waals surface area contributed by atoms with Crippen LogP contribution in [-0.4, -0.2) is 55.7 Å². The second-order valence-electron chi connectivity index (χ2n) is 6.50. The SMILES string of the molecule is COCCN1CCC[C@]2(CCN(c3ccnc(C)c3)C2)C1=O. The third-order valence-electron chi connectivity index (χ3n) is 4.99. The standard InChI is InChI=1S/C17H25N3O2/c1-14-12-15(4-7-18-14)20-9-6-17(13-20)5-3-8-19(16(17)21)10-11-22-2/h4,7,12H,3,5-6,8-11,13H2,1-2H3/t17-/m1/s1. The second kappa shape index (κ2) is 6.24. The highest BCUT2D eigenvalue weighted by molar-refractivity contribution is 5.85. The van der Waals surface area contributed by atoms with Crippen molar-refractivity contribution in [3.8, 4) is 0 Å². The molecule has 0 aliphatic carbocycles. The Kier molecular flexibility index (Phi) is 4.34. The van der Waals surface area contributed by atoms with Gasteiger partial charge in [0.25, 0.3) is 0 Å². The van der Waals surface area contributed by atoms with Gasteiger partial charge in [-0.1, -0.05) is 0 Å². The van der Waals surface area contributed by atoms with Gasteiger partial charge in [-0.3, -0.25) is 9.78 Å².